The largest absolute Gasteiger partial charge is 0.412 e. The molecule has 1 unspecified atom stereocenters. The Labute approximate surface area is 146 Å². The highest BCUT2D eigenvalue weighted by Crippen LogP contribution is 2.20. The standard InChI is InChI=1S/C18H21N3O2S/c1-14-6-5-11-21(12-14)17(22)13-24-18-20-19-16(23-18)10-9-15-7-3-2-4-8-15/h2-4,7-10,14H,5-6,11-13H2,1H3/b10-9+. The van der Waals surface area contributed by atoms with E-state index >= 15 is 0 Å². The number of hydrogen-bond donors (Lipinski definition) is 0. The van der Waals surface area contributed by atoms with Gasteiger partial charge in [-0.05, 0) is 30.4 Å². The Bertz CT molecular complexity index is 699. The van der Waals surface area contributed by atoms with E-state index in [2.05, 4.69) is 17.1 Å². The van der Waals surface area contributed by atoms with Crippen molar-refractivity contribution in [3.8, 4) is 0 Å². The highest BCUT2D eigenvalue weighted by Gasteiger charge is 2.21. The molecule has 1 aromatic carbocycles. The van der Waals surface area contributed by atoms with Crippen LogP contribution in [0.25, 0.3) is 12.2 Å². The topological polar surface area (TPSA) is 59.2 Å². The average molecular weight is 343 g/mol. The van der Waals surface area contributed by atoms with Crippen molar-refractivity contribution in [2.75, 3.05) is 18.8 Å². The SMILES string of the molecule is CC1CCCN(C(=O)CSc2nnc(/C=C/c3ccccc3)o2)C1. The third-order valence-electron chi connectivity index (χ3n) is 3.97. The van der Waals surface area contributed by atoms with E-state index in [0.29, 0.717) is 22.8 Å². The third-order valence-corrected chi connectivity index (χ3v) is 4.77. The molecule has 1 aliphatic heterocycles. The molecule has 0 N–H and O–H groups in total. The van der Waals surface area contributed by atoms with E-state index in [9.17, 15) is 4.79 Å². The molecular weight excluding hydrogens is 322 g/mol. The molecule has 0 saturated carbocycles. The molecule has 1 aromatic heterocycles. The first-order valence-corrected chi connectivity index (χ1v) is 9.16. The van der Waals surface area contributed by atoms with Gasteiger partial charge in [0.05, 0.1) is 5.75 Å². The number of nitrogens with zero attached hydrogens (tertiary/aromatic N) is 3. The molecule has 6 heteroatoms. The van der Waals surface area contributed by atoms with E-state index in [1.165, 1.54) is 18.2 Å². The van der Waals surface area contributed by atoms with Gasteiger partial charge in [-0.15, -0.1) is 10.2 Å². The quantitative estimate of drug-likeness (QED) is 0.777. The van der Waals surface area contributed by atoms with Crippen LogP contribution in [-0.2, 0) is 4.79 Å². The Morgan fingerprint density at radius 2 is 2.17 bits per heavy atom. The fraction of sp³-hybridized carbons (Fsp3) is 0.389. The summed E-state index contributed by atoms with van der Waals surface area (Å²) in [4.78, 5) is 14.2. The van der Waals surface area contributed by atoms with Crippen LogP contribution in [0.3, 0.4) is 0 Å². The van der Waals surface area contributed by atoms with Crippen LogP contribution in [0.5, 0.6) is 0 Å². The van der Waals surface area contributed by atoms with Crippen LogP contribution in [0.4, 0.5) is 0 Å². The molecule has 0 bridgehead atoms. The average Bonchev–Trinajstić information content (AvgIpc) is 3.07. The monoisotopic (exact) mass is 343 g/mol. The van der Waals surface area contributed by atoms with Crippen LogP contribution in [-0.4, -0.2) is 39.8 Å². The summed E-state index contributed by atoms with van der Waals surface area (Å²) in [5, 5.41) is 8.40. The lowest BCUT2D eigenvalue weighted by Crippen LogP contribution is -2.40. The molecule has 24 heavy (non-hydrogen) atoms. The number of piperidine rings is 1. The minimum absolute atomic E-state index is 0.145. The van der Waals surface area contributed by atoms with Crippen molar-refractivity contribution in [3.05, 3.63) is 41.8 Å². The summed E-state index contributed by atoms with van der Waals surface area (Å²) in [5.41, 5.74) is 1.07. The summed E-state index contributed by atoms with van der Waals surface area (Å²) in [6.07, 6.45) is 5.99. The second-order valence-electron chi connectivity index (χ2n) is 6.03. The van der Waals surface area contributed by atoms with Gasteiger partial charge in [-0.25, -0.2) is 0 Å². The minimum Gasteiger partial charge on any atom is -0.412 e. The predicted molar refractivity (Wildman–Crippen MR) is 95.4 cm³/mol. The van der Waals surface area contributed by atoms with Crippen molar-refractivity contribution in [2.24, 2.45) is 5.92 Å². The second-order valence-corrected chi connectivity index (χ2v) is 6.95. The minimum atomic E-state index is 0.145. The lowest BCUT2D eigenvalue weighted by molar-refractivity contribution is -0.130. The normalized spacial score (nSPS) is 18.2. The Morgan fingerprint density at radius 1 is 1.33 bits per heavy atom. The van der Waals surface area contributed by atoms with Crippen LogP contribution >= 0.6 is 11.8 Å². The zero-order valence-corrected chi connectivity index (χ0v) is 14.5. The number of aromatic nitrogens is 2. The molecular formula is C18H21N3O2S. The van der Waals surface area contributed by atoms with Crippen LogP contribution in [0, 0.1) is 5.92 Å². The van der Waals surface area contributed by atoms with Gasteiger partial charge in [0.15, 0.2) is 0 Å². The maximum atomic E-state index is 12.2. The van der Waals surface area contributed by atoms with Gasteiger partial charge in [-0.3, -0.25) is 4.79 Å². The molecule has 1 amide bonds. The lowest BCUT2D eigenvalue weighted by atomic mass is 10.0. The number of benzene rings is 1. The fourth-order valence-electron chi connectivity index (χ4n) is 2.71. The number of carbonyl (C=O) groups is 1. The van der Waals surface area contributed by atoms with E-state index in [-0.39, 0.29) is 5.91 Å². The summed E-state index contributed by atoms with van der Waals surface area (Å²) in [5.74, 6) is 1.52. The Morgan fingerprint density at radius 3 is 2.96 bits per heavy atom. The smallest absolute Gasteiger partial charge is 0.277 e. The van der Waals surface area contributed by atoms with Crippen molar-refractivity contribution < 1.29 is 9.21 Å². The van der Waals surface area contributed by atoms with E-state index in [0.717, 1.165) is 25.1 Å². The maximum absolute atomic E-state index is 12.2. The molecule has 0 radical (unpaired) electrons. The first-order chi connectivity index (χ1) is 11.7. The molecule has 1 aliphatic rings. The number of carbonyl (C=O) groups excluding carboxylic acids is 1. The molecule has 126 valence electrons. The summed E-state index contributed by atoms with van der Waals surface area (Å²) in [7, 11) is 0. The Balaban J connectivity index is 1.51. The second kappa shape index (κ2) is 8.15. The molecule has 1 atom stereocenters. The predicted octanol–water partition coefficient (Wildman–Crippen LogP) is 3.59. The van der Waals surface area contributed by atoms with Gasteiger partial charge in [0.2, 0.25) is 11.8 Å². The molecule has 1 fully saturated rings. The molecule has 5 nitrogen and oxygen atoms in total. The molecule has 1 saturated heterocycles. The number of amides is 1. The van der Waals surface area contributed by atoms with Crippen molar-refractivity contribution in [2.45, 2.75) is 25.0 Å². The van der Waals surface area contributed by atoms with Gasteiger partial charge in [-0.2, -0.15) is 0 Å². The van der Waals surface area contributed by atoms with E-state index < -0.39 is 0 Å². The van der Waals surface area contributed by atoms with Gasteiger partial charge >= 0.3 is 0 Å². The van der Waals surface area contributed by atoms with Gasteiger partial charge < -0.3 is 9.32 Å². The summed E-state index contributed by atoms with van der Waals surface area (Å²) in [6, 6.07) is 9.92. The van der Waals surface area contributed by atoms with Crippen molar-refractivity contribution in [1.29, 1.82) is 0 Å². The molecule has 0 spiro atoms. The van der Waals surface area contributed by atoms with E-state index in [4.69, 9.17) is 4.42 Å². The first-order valence-electron chi connectivity index (χ1n) is 8.18. The maximum Gasteiger partial charge on any atom is 0.277 e. The zero-order chi connectivity index (χ0) is 16.8. The van der Waals surface area contributed by atoms with Crippen LogP contribution in [0.2, 0.25) is 0 Å². The molecule has 2 heterocycles. The fourth-order valence-corrected chi connectivity index (χ4v) is 3.38. The molecule has 2 aromatic rings. The molecule has 3 rings (SSSR count). The van der Waals surface area contributed by atoms with Crippen molar-refractivity contribution in [1.82, 2.24) is 15.1 Å². The van der Waals surface area contributed by atoms with Gasteiger partial charge in [0, 0.05) is 19.2 Å². The number of thioether (sulfide) groups is 1. The van der Waals surface area contributed by atoms with E-state index in [1.807, 2.05) is 41.3 Å². The van der Waals surface area contributed by atoms with Gasteiger partial charge in [0.25, 0.3) is 5.22 Å². The summed E-state index contributed by atoms with van der Waals surface area (Å²) >= 11 is 1.30. The summed E-state index contributed by atoms with van der Waals surface area (Å²) < 4.78 is 5.55. The van der Waals surface area contributed by atoms with Crippen LogP contribution in [0.15, 0.2) is 40.0 Å². The Hall–Kier alpha value is -2.08. The number of likely N-dealkylation sites (tertiary alicyclic amines) is 1. The highest BCUT2D eigenvalue weighted by atomic mass is 32.2. The van der Waals surface area contributed by atoms with E-state index in [1.54, 1.807) is 6.08 Å². The highest BCUT2D eigenvalue weighted by molar-refractivity contribution is 7.99. The summed E-state index contributed by atoms with van der Waals surface area (Å²) in [6.45, 7) is 3.91. The van der Waals surface area contributed by atoms with Gasteiger partial charge in [-0.1, -0.05) is 49.0 Å². The number of hydrogen-bond acceptors (Lipinski definition) is 5. The van der Waals surface area contributed by atoms with Gasteiger partial charge in [0.1, 0.15) is 0 Å². The molecule has 0 aliphatic carbocycles. The Kier molecular flexibility index (Phi) is 5.69. The lowest BCUT2D eigenvalue weighted by Gasteiger charge is -2.30. The van der Waals surface area contributed by atoms with Crippen LogP contribution < -0.4 is 0 Å². The van der Waals surface area contributed by atoms with Crippen molar-refractivity contribution in [3.63, 3.8) is 0 Å². The van der Waals surface area contributed by atoms with Crippen LogP contribution in [0.1, 0.15) is 31.2 Å². The zero-order valence-electron chi connectivity index (χ0n) is 13.7. The first kappa shape index (κ1) is 16.8. The van der Waals surface area contributed by atoms with Crippen molar-refractivity contribution >= 4 is 29.8 Å². The number of rotatable bonds is 5. The third kappa shape index (κ3) is 4.71.